The predicted molar refractivity (Wildman–Crippen MR) is 53.3 cm³/mol. The SMILES string of the molecule is CC1(C)CCN(CCCS)C1. The van der Waals surface area contributed by atoms with Gasteiger partial charge in [-0.15, -0.1) is 0 Å². The van der Waals surface area contributed by atoms with Gasteiger partial charge in [0.1, 0.15) is 0 Å². The average Bonchev–Trinajstić information content (AvgIpc) is 2.26. The average molecular weight is 173 g/mol. The molecular weight excluding hydrogens is 154 g/mol. The van der Waals surface area contributed by atoms with E-state index in [1.54, 1.807) is 0 Å². The first kappa shape index (κ1) is 9.40. The molecule has 2 heteroatoms. The number of likely N-dealkylation sites (tertiary alicyclic amines) is 1. The van der Waals surface area contributed by atoms with Gasteiger partial charge in [0.2, 0.25) is 0 Å². The predicted octanol–water partition coefficient (Wildman–Crippen LogP) is 2.04. The standard InChI is InChI=1S/C9H19NS/c1-9(2)4-6-10(8-9)5-3-7-11/h11H,3-8H2,1-2H3. The lowest BCUT2D eigenvalue weighted by Gasteiger charge is -2.18. The number of hydrogen-bond donors (Lipinski definition) is 1. The molecule has 1 rings (SSSR count). The van der Waals surface area contributed by atoms with E-state index in [1.807, 2.05) is 0 Å². The Morgan fingerprint density at radius 2 is 2.18 bits per heavy atom. The summed E-state index contributed by atoms with van der Waals surface area (Å²) in [4.78, 5) is 2.55. The third-order valence-electron chi connectivity index (χ3n) is 2.39. The second-order valence-corrected chi connectivity index (χ2v) is 4.71. The first-order valence-corrected chi connectivity index (χ1v) is 5.10. The van der Waals surface area contributed by atoms with E-state index >= 15 is 0 Å². The highest BCUT2D eigenvalue weighted by molar-refractivity contribution is 7.80. The molecule has 0 unspecified atom stereocenters. The fourth-order valence-electron chi connectivity index (χ4n) is 1.71. The van der Waals surface area contributed by atoms with E-state index in [0.29, 0.717) is 5.41 Å². The Morgan fingerprint density at radius 1 is 1.45 bits per heavy atom. The van der Waals surface area contributed by atoms with Crippen LogP contribution in [0.5, 0.6) is 0 Å². The Morgan fingerprint density at radius 3 is 2.64 bits per heavy atom. The lowest BCUT2D eigenvalue weighted by atomic mass is 9.93. The maximum Gasteiger partial charge on any atom is 0.00332 e. The highest BCUT2D eigenvalue weighted by atomic mass is 32.1. The van der Waals surface area contributed by atoms with Gasteiger partial charge >= 0.3 is 0 Å². The van der Waals surface area contributed by atoms with Gasteiger partial charge in [0.15, 0.2) is 0 Å². The molecule has 0 amide bonds. The van der Waals surface area contributed by atoms with Crippen LogP contribution in [0.4, 0.5) is 0 Å². The molecule has 66 valence electrons. The molecule has 1 aliphatic rings. The molecule has 0 saturated carbocycles. The van der Waals surface area contributed by atoms with E-state index in [2.05, 4.69) is 31.4 Å². The zero-order chi connectivity index (χ0) is 8.32. The first-order chi connectivity index (χ1) is 5.14. The Bertz CT molecular complexity index is 123. The van der Waals surface area contributed by atoms with Crippen LogP contribution in [0, 0.1) is 5.41 Å². The van der Waals surface area contributed by atoms with Crippen molar-refractivity contribution in [3.05, 3.63) is 0 Å². The Balaban J connectivity index is 2.20. The molecule has 0 aliphatic carbocycles. The minimum Gasteiger partial charge on any atom is -0.303 e. The van der Waals surface area contributed by atoms with Crippen LogP contribution < -0.4 is 0 Å². The fraction of sp³-hybridized carbons (Fsp3) is 1.00. The second-order valence-electron chi connectivity index (χ2n) is 4.27. The van der Waals surface area contributed by atoms with Crippen molar-refractivity contribution < 1.29 is 0 Å². The summed E-state index contributed by atoms with van der Waals surface area (Å²) in [6, 6.07) is 0. The van der Waals surface area contributed by atoms with Gasteiger partial charge in [0.25, 0.3) is 0 Å². The molecule has 1 saturated heterocycles. The van der Waals surface area contributed by atoms with E-state index in [4.69, 9.17) is 0 Å². The Labute approximate surface area is 75.6 Å². The summed E-state index contributed by atoms with van der Waals surface area (Å²) in [7, 11) is 0. The number of nitrogens with zero attached hydrogens (tertiary/aromatic N) is 1. The van der Waals surface area contributed by atoms with Crippen LogP contribution >= 0.6 is 12.6 Å². The monoisotopic (exact) mass is 173 g/mol. The third kappa shape index (κ3) is 3.04. The summed E-state index contributed by atoms with van der Waals surface area (Å²) >= 11 is 4.21. The highest BCUT2D eigenvalue weighted by Gasteiger charge is 2.28. The fourth-order valence-corrected chi connectivity index (χ4v) is 1.85. The Kier molecular flexibility index (Phi) is 3.26. The van der Waals surface area contributed by atoms with E-state index in [-0.39, 0.29) is 0 Å². The van der Waals surface area contributed by atoms with Crippen LogP contribution in [0.25, 0.3) is 0 Å². The van der Waals surface area contributed by atoms with E-state index in [9.17, 15) is 0 Å². The number of thiol groups is 1. The van der Waals surface area contributed by atoms with Crippen molar-refractivity contribution in [2.24, 2.45) is 5.41 Å². The molecule has 1 aliphatic heterocycles. The van der Waals surface area contributed by atoms with E-state index in [0.717, 1.165) is 5.75 Å². The first-order valence-electron chi connectivity index (χ1n) is 4.47. The molecule has 0 bridgehead atoms. The largest absolute Gasteiger partial charge is 0.303 e. The smallest absolute Gasteiger partial charge is 0.00332 e. The number of rotatable bonds is 3. The van der Waals surface area contributed by atoms with Crippen molar-refractivity contribution in [1.82, 2.24) is 4.90 Å². The molecule has 0 aromatic rings. The summed E-state index contributed by atoms with van der Waals surface area (Å²) in [6.07, 6.45) is 2.60. The number of hydrogen-bond acceptors (Lipinski definition) is 2. The normalized spacial score (nSPS) is 24.3. The van der Waals surface area contributed by atoms with Gasteiger partial charge in [-0.05, 0) is 37.1 Å². The van der Waals surface area contributed by atoms with Gasteiger partial charge in [-0.2, -0.15) is 12.6 Å². The maximum absolute atomic E-state index is 4.21. The van der Waals surface area contributed by atoms with Crippen molar-refractivity contribution in [2.45, 2.75) is 26.7 Å². The van der Waals surface area contributed by atoms with Crippen molar-refractivity contribution in [1.29, 1.82) is 0 Å². The molecular formula is C9H19NS. The van der Waals surface area contributed by atoms with Crippen molar-refractivity contribution in [3.8, 4) is 0 Å². The van der Waals surface area contributed by atoms with Gasteiger partial charge in [0, 0.05) is 6.54 Å². The van der Waals surface area contributed by atoms with E-state index in [1.165, 1.54) is 32.5 Å². The minimum atomic E-state index is 0.566. The molecule has 0 atom stereocenters. The van der Waals surface area contributed by atoms with Crippen molar-refractivity contribution in [3.63, 3.8) is 0 Å². The molecule has 0 radical (unpaired) electrons. The molecule has 0 spiro atoms. The Hall–Kier alpha value is 0.310. The van der Waals surface area contributed by atoms with Gasteiger partial charge in [-0.25, -0.2) is 0 Å². The van der Waals surface area contributed by atoms with Crippen LogP contribution in [0.2, 0.25) is 0 Å². The molecule has 0 N–H and O–H groups in total. The summed E-state index contributed by atoms with van der Waals surface area (Å²) in [5.41, 5.74) is 0.566. The molecule has 11 heavy (non-hydrogen) atoms. The van der Waals surface area contributed by atoms with Crippen LogP contribution in [0.15, 0.2) is 0 Å². The summed E-state index contributed by atoms with van der Waals surface area (Å²) in [5, 5.41) is 0. The van der Waals surface area contributed by atoms with Crippen LogP contribution in [0.3, 0.4) is 0 Å². The van der Waals surface area contributed by atoms with Gasteiger partial charge in [-0.3, -0.25) is 0 Å². The van der Waals surface area contributed by atoms with E-state index < -0.39 is 0 Å². The van der Waals surface area contributed by atoms with Crippen LogP contribution in [0.1, 0.15) is 26.7 Å². The summed E-state index contributed by atoms with van der Waals surface area (Å²) in [6.45, 7) is 8.52. The van der Waals surface area contributed by atoms with Crippen molar-refractivity contribution in [2.75, 3.05) is 25.4 Å². The molecule has 0 aromatic heterocycles. The van der Waals surface area contributed by atoms with Gasteiger partial charge in [0.05, 0.1) is 0 Å². The molecule has 1 heterocycles. The zero-order valence-corrected chi connectivity index (χ0v) is 8.53. The zero-order valence-electron chi connectivity index (χ0n) is 7.64. The lowest BCUT2D eigenvalue weighted by Crippen LogP contribution is -2.24. The van der Waals surface area contributed by atoms with Gasteiger partial charge in [-0.1, -0.05) is 13.8 Å². The summed E-state index contributed by atoms with van der Waals surface area (Å²) in [5.74, 6) is 1.02. The lowest BCUT2D eigenvalue weighted by molar-refractivity contribution is 0.292. The quantitative estimate of drug-likeness (QED) is 0.639. The maximum atomic E-state index is 4.21. The molecule has 0 aromatic carbocycles. The molecule has 1 fully saturated rings. The minimum absolute atomic E-state index is 0.566. The van der Waals surface area contributed by atoms with Crippen molar-refractivity contribution >= 4 is 12.6 Å². The van der Waals surface area contributed by atoms with Crippen LogP contribution in [-0.2, 0) is 0 Å². The van der Waals surface area contributed by atoms with Crippen LogP contribution in [-0.4, -0.2) is 30.3 Å². The topological polar surface area (TPSA) is 3.24 Å². The van der Waals surface area contributed by atoms with Gasteiger partial charge < -0.3 is 4.90 Å². The second kappa shape index (κ2) is 3.81. The highest BCUT2D eigenvalue weighted by Crippen LogP contribution is 2.28. The third-order valence-corrected chi connectivity index (χ3v) is 2.71. The summed E-state index contributed by atoms with van der Waals surface area (Å²) < 4.78 is 0. The molecule has 1 nitrogen and oxygen atoms in total.